The summed E-state index contributed by atoms with van der Waals surface area (Å²) in [5.74, 6) is 0.932. The normalized spacial score (nSPS) is 18.6. The number of nitrogens with one attached hydrogen (secondary N) is 1. The van der Waals surface area contributed by atoms with Gasteiger partial charge in [0.15, 0.2) is 0 Å². The Morgan fingerprint density at radius 3 is 2.88 bits per heavy atom. The monoisotopic (exact) mass is 230 g/mol. The van der Waals surface area contributed by atoms with Gasteiger partial charge in [0.2, 0.25) is 0 Å². The Morgan fingerprint density at radius 2 is 2.18 bits per heavy atom. The van der Waals surface area contributed by atoms with Gasteiger partial charge in [-0.15, -0.1) is 0 Å². The van der Waals surface area contributed by atoms with Crippen molar-refractivity contribution in [3.63, 3.8) is 0 Å². The molecule has 0 aliphatic heterocycles. The van der Waals surface area contributed by atoms with E-state index in [0.717, 1.165) is 18.6 Å². The van der Waals surface area contributed by atoms with E-state index >= 15 is 0 Å². The Hall–Kier alpha value is -1.48. The Bertz CT molecular complexity index is 571. The van der Waals surface area contributed by atoms with Crippen molar-refractivity contribution in [1.82, 2.24) is 9.88 Å². The zero-order chi connectivity index (χ0) is 12.0. The van der Waals surface area contributed by atoms with Gasteiger partial charge >= 0.3 is 0 Å². The Balaban J connectivity index is 2.18. The van der Waals surface area contributed by atoms with Crippen LogP contribution in [0.25, 0.3) is 10.9 Å². The van der Waals surface area contributed by atoms with E-state index in [-0.39, 0.29) is 0 Å². The van der Waals surface area contributed by atoms with Crippen LogP contribution in [0.2, 0.25) is 0 Å². The number of nitrogens with zero attached hydrogens (tertiary/aromatic N) is 1. The summed E-state index contributed by atoms with van der Waals surface area (Å²) in [6.07, 6.45) is 2.26. The predicted molar refractivity (Wildman–Crippen MR) is 69.7 cm³/mol. The molecule has 1 aliphatic rings. The van der Waals surface area contributed by atoms with Crippen LogP contribution in [0, 0.1) is 0 Å². The minimum absolute atomic E-state index is 0.595. The van der Waals surface area contributed by atoms with Gasteiger partial charge in [-0.3, -0.25) is 0 Å². The fourth-order valence-corrected chi connectivity index (χ4v) is 2.92. The van der Waals surface area contributed by atoms with Gasteiger partial charge in [0.05, 0.1) is 12.6 Å². The lowest BCUT2D eigenvalue weighted by molar-refractivity contribution is 0.415. The third-order valence-corrected chi connectivity index (χ3v) is 3.94. The first-order valence-corrected chi connectivity index (χ1v) is 6.06. The smallest absolute Gasteiger partial charge is 0.120 e. The Morgan fingerprint density at radius 1 is 1.35 bits per heavy atom. The number of hydrogen-bond acceptors (Lipinski definition) is 2. The summed E-state index contributed by atoms with van der Waals surface area (Å²) in [7, 11) is 5.91. The minimum atomic E-state index is 0.595. The zero-order valence-corrected chi connectivity index (χ0v) is 10.6. The molecule has 1 aliphatic carbocycles. The van der Waals surface area contributed by atoms with Crippen molar-refractivity contribution >= 4 is 10.9 Å². The molecule has 1 heterocycles. The van der Waals surface area contributed by atoms with E-state index in [1.54, 1.807) is 7.11 Å². The Labute approximate surface area is 101 Å². The van der Waals surface area contributed by atoms with Crippen LogP contribution in [0.5, 0.6) is 5.75 Å². The molecule has 2 aromatic rings. The number of methoxy groups -OCH3 is 1. The first kappa shape index (κ1) is 10.7. The molecule has 1 aromatic heterocycles. The molecule has 3 rings (SSSR count). The maximum atomic E-state index is 5.29. The number of aromatic nitrogens is 1. The largest absolute Gasteiger partial charge is 0.497 e. The number of rotatable bonds is 2. The van der Waals surface area contributed by atoms with Gasteiger partial charge in [0.1, 0.15) is 5.75 Å². The van der Waals surface area contributed by atoms with Crippen molar-refractivity contribution in [3.8, 4) is 5.75 Å². The standard InChI is InChI=1S/C14H18N2O/c1-15-9-6-12-11-5-4-10(17-3)8-14(11)16(2)13(12)7-9/h4-5,8-9,15H,6-7H2,1-3H3. The first-order chi connectivity index (χ1) is 8.24. The number of benzene rings is 1. The molecule has 1 aromatic carbocycles. The fraction of sp³-hybridized carbons (Fsp3) is 0.429. The topological polar surface area (TPSA) is 26.2 Å². The molecule has 17 heavy (non-hydrogen) atoms. The summed E-state index contributed by atoms with van der Waals surface area (Å²) in [4.78, 5) is 0. The second kappa shape index (κ2) is 3.77. The minimum Gasteiger partial charge on any atom is -0.497 e. The highest BCUT2D eigenvalue weighted by Crippen LogP contribution is 2.34. The number of aryl methyl sites for hydroxylation is 1. The van der Waals surface area contributed by atoms with Crippen molar-refractivity contribution in [2.45, 2.75) is 18.9 Å². The van der Waals surface area contributed by atoms with Crippen molar-refractivity contribution < 1.29 is 4.74 Å². The van der Waals surface area contributed by atoms with E-state index in [2.05, 4.69) is 35.1 Å². The van der Waals surface area contributed by atoms with Crippen molar-refractivity contribution in [3.05, 3.63) is 29.5 Å². The molecule has 1 N–H and O–H groups in total. The van der Waals surface area contributed by atoms with Crippen molar-refractivity contribution in [2.75, 3.05) is 14.2 Å². The van der Waals surface area contributed by atoms with Crippen LogP contribution in [0.4, 0.5) is 0 Å². The van der Waals surface area contributed by atoms with Crippen LogP contribution in [-0.2, 0) is 19.9 Å². The van der Waals surface area contributed by atoms with Gasteiger partial charge in [0, 0.05) is 36.7 Å². The molecule has 0 spiro atoms. The lowest BCUT2D eigenvalue weighted by Crippen LogP contribution is -2.25. The molecule has 0 amide bonds. The molecule has 0 saturated heterocycles. The zero-order valence-electron chi connectivity index (χ0n) is 10.6. The molecule has 1 atom stereocenters. The van der Waals surface area contributed by atoms with Crippen LogP contribution >= 0.6 is 0 Å². The van der Waals surface area contributed by atoms with Crippen LogP contribution in [-0.4, -0.2) is 24.8 Å². The quantitative estimate of drug-likeness (QED) is 0.852. The molecule has 3 heteroatoms. The van der Waals surface area contributed by atoms with E-state index in [9.17, 15) is 0 Å². The summed E-state index contributed by atoms with van der Waals surface area (Å²) < 4.78 is 7.60. The van der Waals surface area contributed by atoms with Gasteiger partial charge in [-0.25, -0.2) is 0 Å². The molecule has 3 nitrogen and oxygen atoms in total. The summed E-state index contributed by atoms with van der Waals surface area (Å²) in [6, 6.07) is 6.96. The maximum Gasteiger partial charge on any atom is 0.120 e. The van der Waals surface area contributed by atoms with Crippen LogP contribution in [0.1, 0.15) is 11.3 Å². The molecule has 0 fully saturated rings. The van der Waals surface area contributed by atoms with Crippen molar-refractivity contribution in [1.29, 1.82) is 0 Å². The number of ether oxygens (including phenoxy) is 1. The van der Waals surface area contributed by atoms with Crippen LogP contribution in [0.3, 0.4) is 0 Å². The molecular formula is C14H18N2O. The summed E-state index contributed by atoms with van der Waals surface area (Å²) in [5, 5.41) is 4.75. The third-order valence-electron chi connectivity index (χ3n) is 3.94. The van der Waals surface area contributed by atoms with Gasteiger partial charge in [-0.2, -0.15) is 0 Å². The third kappa shape index (κ3) is 1.46. The maximum absolute atomic E-state index is 5.29. The number of fused-ring (bicyclic) bond motifs is 3. The van der Waals surface area contributed by atoms with E-state index in [4.69, 9.17) is 4.74 Å². The second-order valence-electron chi connectivity index (χ2n) is 4.76. The molecule has 0 saturated carbocycles. The molecular weight excluding hydrogens is 212 g/mol. The van der Waals surface area contributed by atoms with E-state index < -0.39 is 0 Å². The van der Waals surface area contributed by atoms with Gasteiger partial charge in [-0.1, -0.05) is 0 Å². The summed E-state index contributed by atoms with van der Waals surface area (Å²) in [6.45, 7) is 0. The predicted octanol–water partition coefficient (Wildman–Crippen LogP) is 1.87. The molecule has 90 valence electrons. The fourth-order valence-electron chi connectivity index (χ4n) is 2.92. The van der Waals surface area contributed by atoms with Gasteiger partial charge in [0.25, 0.3) is 0 Å². The number of likely N-dealkylation sites (N-methyl/N-ethyl adjacent to an activating group) is 1. The highest BCUT2D eigenvalue weighted by molar-refractivity contribution is 5.87. The van der Waals surface area contributed by atoms with E-state index in [1.165, 1.54) is 22.2 Å². The average molecular weight is 230 g/mol. The lowest BCUT2D eigenvalue weighted by atomic mass is 10.1. The molecule has 0 radical (unpaired) electrons. The number of hydrogen-bond donors (Lipinski definition) is 1. The molecule has 0 bridgehead atoms. The summed E-state index contributed by atoms with van der Waals surface area (Å²) >= 11 is 0. The van der Waals surface area contributed by atoms with E-state index in [1.807, 2.05) is 7.05 Å². The van der Waals surface area contributed by atoms with Crippen LogP contribution < -0.4 is 10.1 Å². The Kier molecular flexibility index (Phi) is 2.37. The van der Waals surface area contributed by atoms with Gasteiger partial charge < -0.3 is 14.6 Å². The van der Waals surface area contributed by atoms with E-state index in [0.29, 0.717) is 6.04 Å². The lowest BCUT2D eigenvalue weighted by Gasteiger charge is -2.09. The highest BCUT2D eigenvalue weighted by Gasteiger charge is 2.26. The van der Waals surface area contributed by atoms with Gasteiger partial charge in [-0.05, 0) is 31.2 Å². The second-order valence-corrected chi connectivity index (χ2v) is 4.76. The highest BCUT2D eigenvalue weighted by atomic mass is 16.5. The van der Waals surface area contributed by atoms with Crippen molar-refractivity contribution in [2.24, 2.45) is 7.05 Å². The SMILES string of the molecule is CNC1Cc2c(n(C)c3cc(OC)ccc23)C1. The molecule has 1 unspecified atom stereocenters. The average Bonchev–Trinajstić information content (AvgIpc) is 2.89. The summed E-state index contributed by atoms with van der Waals surface area (Å²) in [5.41, 5.74) is 4.25. The first-order valence-electron chi connectivity index (χ1n) is 6.06. The van der Waals surface area contributed by atoms with Crippen LogP contribution in [0.15, 0.2) is 18.2 Å².